The van der Waals surface area contributed by atoms with Crippen molar-refractivity contribution in [1.82, 2.24) is 19.4 Å². The molecule has 2 aromatic carbocycles. The zero-order valence-corrected chi connectivity index (χ0v) is 24.2. The first-order valence-corrected chi connectivity index (χ1v) is 14.7. The largest absolute Gasteiger partial charge is 0.506 e. The van der Waals surface area contributed by atoms with Gasteiger partial charge in [-0.1, -0.05) is 25.1 Å². The first kappa shape index (κ1) is 28.9. The van der Waals surface area contributed by atoms with Crippen molar-refractivity contribution in [2.75, 3.05) is 62.8 Å². The average Bonchev–Trinajstić information content (AvgIpc) is 3.33. The van der Waals surface area contributed by atoms with Crippen molar-refractivity contribution >= 4 is 22.7 Å². The number of morpholine rings is 1. The lowest BCUT2D eigenvalue weighted by Crippen LogP contribution is -2.37. The van der Waals surface area contributed by atoms with E-state index in [0.29, 0.717) is 25.3 Å². The maximum absolute atomic E-state index is 10.6. The van der Waals surface area contributed by atoms with Crippen LogP contribution in [0.1, 0.15) is 35.9 Å². The molecule has 1 fully saturated rings. The van der Waals surface area contributed by atoms with Crippen LogP contribution in [0.3, 0.4) is 0 Å². The first-order valence-electron chi connectivity index (χ1n) is 14.7. The van der Waals surface area contributed by atoms with Crippen LogP contribution in [0.25, 0.3) is 11.0 Å². The third-order valence-electron chi connectivity index (χ3n) is 7.68. The highest BCUT2D eigenvalue weighted by Gasteiger charge is 2.16. The Kier molecular flexibility index (Phi) is 9.71. The molecule has 1 saturated heterocycles. The summed E-state index contributed by atoms with van der Waals surface area (Å²) >= 11 is 0. The highest BCUT2D eigenvalue weighted by atomic mass is 16.5. The number of nitrogens with zero attached hydrogens (tertiary/aromatic N) is 5. The summed E-state index contributed by atoms with van der Waals surface area (Å²) in [5, 5.41) is 24.0. The van der Waals surface area contributed by atoms with Gasteiger partial charge in [0.15, 0.2) is 0 Å². The summed E-state index contributed by atoms with van der Waals surface area (Å²) in [6, 6.07) is 18.4. The number of imidazole rings is 1. The van der Waals surface area contributed by atoms with E-state index in [0.717, 1.165) is 86.2 Å². The summed E-state index contributed by atoms with van der Waals surface area (Å²) < 4.78 is 7.58. The van der Waals surface area contributed by atoms with Gasteiger partial charge in [-0.05, 0) is 73.8 Å². The minimum atomic E-state index is 0.0767. The summed E-state index contributed by atoms with van der Waals surface area (Å²) in [6.45, 7) is 11.1. The van der Waals surface area contributed by atoms with Crippen LogP contribution in [0.15, 0.2) is 54.6 Å². The molecule has 0 unspecified atom stereocenters. The number of benzene rings is 2. The molecule has 0 atom stereocenters. The second-order valence-electron chi connectivity index (χ2n) is 10.7. The summed E-state index contributed by atoms with van der Waals surface area (Å²) in [7, 11) is 0. The minimum absolute atomic E-state index is 0.0767. The number of nitrogens with one attached hydrogen (secondary N) is 1. The molecule has 1 aliphatic rings. The van der Waals surface area contributed by atoms with E-state index in [2.05, 4.69) is 74.1 Å². The van der Waals surface area contributed by atoms with E-state index in [1.807, 2.05) is 13.0 Å². The number of ether oxygens (including phenoxy) is 1. The van der Waals surface area contributed by atoms with Crippen LogP contribution in [-0.4, -0.2) is 82.2 Å². The fraction of sp³-hybridized carbons (Fsp3) is 0.438. The van der Waals surface area contributed by atoms with Crippen molar-refractivity contribution in [1.29, 1.82) is 0 Å². The molecule has 0 saturated carbocycles. The monoisotopic (exact) mass is 558 g/mol. The lowest BCUT2D eigenvalue weighted by Gasteiger charge is -2.26. The van der Waals surface area contributed by atoms with E-state index in [1.165, 1.54) is 5.56 Å². The molecule has 0 aliphatic carbocycles. The molecule has 3 N–H and O–H groups in total. The van der Waals surface area contributed by atoms with Gasteiger partial charge in [-0.3, -0.25) is 9.88 Å². The topological polar surface area (TPSA) is 98.9 Å². The SMILES string of the molecule is CCc1cccc(N(CCO)Cc2ccc3nc(NCCCN4CCOCC4)n(Cc4nc(C)ccc4O)c3c2)c1. The number of aliphatic hydroxyl groups excluding tert-OH is 1. The zero-order chi connectivity index (χ0) is 28.6. The molecule has 0 amide bonds. The van der Waals surface area contributed by atoms with Gasteiger partial charge in [0.25, 0.3) is 0 Å². The van der Waals surface area contributed by atoms with E-state index >= 15 is 0 Å². The number of pyridine rings is 1. The molecule has 3 heterocycles. The second kappa shape index (κ2) is 13.8. The van der Waals surface area contributed by atoms with Crippen molar-refractivity contribution in [3.63, 3.8) is 0 Å². The molecule has 5 rings (SSSR count). The standard InChI is InChI=1S/C32H42N6O3/c1-3-25-6-4-7-27(20-25)37(14-17-39)22-26-9-10-28-30(21-26)38(23-29-31(40)11-8-24(2)34-29)32(35-28)33-12-5-13-36-15-18-41-19-16-36/h4,6-11,20-21,39-40H,3,5,12-19,22-23H2,1-2H3,(H,33,35). The minimum Gasteiger partial charge on any atom is -0.506 e. The van der Waals surface area contributed by atoms with Crippen molar-refractivity contribution in [3.05, 3.63) is 77.1 Å². The Labute approximate surface area is 242 Å². The van der Waals surface area contributed by atoms with Crippen LogP contribution < -0.4 is 10.2 Å². The third kappa shape index (κ3) is 7.35. The molecular weight excluding hydrogens is 516 g/mol. The number of aromatic hydroxyl groups is 1. The Morgan fingerprint density at radius 3 is 2.68 bits per heavy atom. The molecular formula is C32H42N6O3. The maximum Gasteiger partial charge on any atom is 0.204 e. The highest BCUT2D eigenvalue weighted by molar-refractivity contribution is 5.80. The Morgan fingerprint density at radius 2 is 1.88 bits per heavy atom. The Hall–Kier alpha value is -3.66. The highest BCUT2D eigenvalue weighted by Crippen LogP contribution is 2.27. The lowest BCUT2D eigenvalue weighted by atomic mass is 10.1. The van der Waals surface area contributed by atoms with E-state index in [1.54, 1.807) is 6.07 Å². The number of fused-ring (bicyclic) bond motifs is 1. The van der Waals surface area contributed by atoms with E-state index in [9.17, 15) is 10.2 Å². The molecule has 1 aliphatic heterocycles. The predicted octanol–water partition coefficient (Wildman–Crippen LogP) is 4.19. The summed E-state index contributed by atoms with van der Waals surface area (Å²) in [5.74, 6) is 0.946. The molecule has 0 spiro atoms. The van der Waals surface area contributed by atoms with Gasteiger partial charge in [-0.15, -0.1) is 0 Å². The van der Waals surface area contributed by atoms with Gasteiger partial charge in [0.2, 0.25) is 5.95 Å². The van der Waals surface area contributed by atoms with E-state index < -0.39 is 0 Å². The Bertz CT molecular complexity index is 1430. The predicted molar refractivity (Wildman–Crippen MR) is 164 cm³/mol. The van der Waals surface area contributed by atoms with Gasteiger partial charge in [-0.2, -0.15) is 0 Å². The van der Waals surface area contributed by atoms with E-state index in [4.69, 9.17) is 9.72 Å². The number of rotatable bonds is 13. The van der Waals surface area contributed by atoms with Crippen LogP contribution >= 0.6 is 0 Å². The quantitative estimate of drug-likeness (QED) is 0.210. The van der Waals surface area contributed by atoms with Crippen molar-refractivity contribution in [3.8, 4) is 5.75 Å². The summed E-state index contributed by atoms with van der Waals surface area (Å²) in [6.07, 6.45) is 1.96. The number of anilines is 2. The maximum atomic E-state index is 10.6. The molecule has 0 bridgehead atoms. The molecule has 9 nitrogen and oxygen atoms in total. The number of hydrogen-bond donors (Lipinski definition) is 3. The fourth-order valence-electron chi connectivity index (χ4n) is 5.37. The van der Waals surface area contributed by atoms with Gasteiger partial charge in [0, 0.05) is 44.1 Å². The lowest BCUT2D eigenvalue weighted by molar-refractivity contribution is 0.0378. The van der Waals surface area contributed by atoms with Crippen LogP contribution in [0, 0.1) is 6.92 Å². The van der Waals surface area contributed by atoms with Crippen LogP contribution in [-0.2, 0) is 24.2 Å². The van der Waals surface area contributed by atoms with Crippen molar-refractivity contribution < 1.29 is 14.9 Å². The smallest absolute Gasteiger partial charge is 0.204 e. The third-order valence-corrected chi connectivity index (χ3v) is 7.68. The van der Waals surface area contributed by atoms with Gasteiger partial charge >= 0.3 is 0 Å². The normalized spacial score (nSPS) is 14.0. The van der Waals surface area contributed by atoms with Crippen molar-refractivity contribution in [2.45, 2.75) is 39.8 Å². The fourth-order valence-corrected chi connectivity index (χ4v) is 5.37. The Balaban J connectivity index is 1.41. The van der Waals surface area contributed by atoms with Gasteiger partial charge < -0.3 is 29.7 Å². The molecule has 9 heteroatoms. The number of aliphatic hydroxyl groups is 1. The summed E-state index contributed by atoms with van der Waals surface area (Å²) in [4.78, 5) is 14.2. The molecule has 0 radical (unpaired) electrons. The van der Waals surface area contributed by atoms with Crippen LogP contribution in [0.4, 0.5) is 11.6 Å². The van der Waals surface area contributed by atoms with Crippen molar-refractivity contribution in [2.24, 2.45) is 0 Å². The van der Waals surface area contributed by atoms with Gasteiger partial charge in [0.05, 0.1) is 37.4 Å². The molecule has 2 aromatic heterocycles. The first-order chi connectivity index (χ1) is 20.0. The number of aromatic nitrogens is 3. The van der Waals surface area contributed by atoms with Gasteiger partial charge in [-0.25, -0.2) is 4.98 Å². The number of aryl methyl sites for hydroxylation is 2. The zero-order valence-electron chi connectivity index (χ0n) is 24.2. The van der Waals surface area contributed by atoms with Crippen LogP contribution in [0.2, 0.25) is 0 Å². The molecule has 218 valence electrons. The van der Waals surface area contributed by atoms with Gasteiger partial charge in [0.1, 0.15) is 11.4 Å². The molecule has 4 aromatic rings. The second-order valence-corrected chi connectivity index (χ2v) is 10.7. The molecule has 41 heavy (non-hydrogen) atoms. The van der Waals surface area contributed by atoms with Crippen LogP contribution in [0.5, 0.6) is 5.75 Å². The number of hydrogen-bond acceptors (Lipinski definition) is 8. The Morgan fingerprint density at radius 1 is 1.02 bits per heavy atom. The van der Waals surface area contributed by atoms with E-state index in [-0.39, 0.29) is 12.4 Å². The summed E-state index contributed by atoms with van der Waals surface area (Å²) in [5.41, 5.74) is 6.83. The average molecular weight is 559 g/mol.